The summed E-state index contributed by atoms with van der Waals surface area (Å²) < 4.78 is 0. The van der Waals surface area contributed by atoms with E-state index in [-0.39, 0.29) is 18.6 Å². The highest BCUT2D eigenvalue weighted by Gasteiger charge is 2.27. The van der Waals surface area contributed by atoms with Crippen LogP contribution in [0.3, 0.4) is 0 Å². The summed E-state index contributed by atoms with van der Waals surface area (Å²) >= 11 is 0. The zero-order valence-corrected chi connectivity index (χ0v) is 10.7. The van der Waals surface area contributed by atoms with Crippen LogP contribution in [-0.4, -0.2) is 27.7 Å². The maximum Gasteiger partial charge on any atom is 0.222 e. The van der Waals surface area contributed by atoms with Gasteiger partial charge in [-0.05, 0) is 25.0 Å². The summed E-state index contributed by atoms with van der Waals surface area (Å²) in [6.45, 7) is 0.218. The fourth-order valence-electron chi connectivity index (χ4n) is 2.83. The molecule has 1 aliphatic rings. The first-order valence-electron chi connectivity index (χ1n) is 6.67. The van der Waals surface area contributed by atoms with Crippen molar-refractivity contribution >= 4 is 22.7 Å². The van der Waals surface area contributed by atoms with E-state index < -0.39 is 0 Å². The Morgan fingerprint density at radius 2 is 2.11 bits per heavy atom. The monoisotopic (exact) mass is 258 g/mol. The van der Waals surface area contributed by atoms with Crippen molar-refractivity contribution in [1.29, 1.82) is 0 Å². The molecule has 0 radical (unpaired) electrons. The quantitative estimate of drug-likeness (QED) is 0.781. The van der Waals surface area contributed by atoms with Gasteiger partial charge in [-0.2, -0.15) is 4.98 Å². The van der Waals surface area contributed by atoms with Crippen LogP contribution in [0, 0.1) is 5.92 Å². The lowest BCUT2D eigenvalue weighted by Crippen LogP contribution is -2.27. The van der Waals surface area contributed by atoms with Crippen molar-refractivity contribution in [2.24, 2.45) is 5.92 Å². The molecule has 0 aliphatic heterocycles. The number of fused-ring (bicyclic) bond motifs is 1. The maximum atomic E-state index is 9.38. The molecular weight excluding hydrogens is 240 g/mol. The van der Waals surface area contributed by atoms with Gasteiger partial charge < -0.3 is 16.2 Å². The molecule has 5 heteroatoms. The Hall–Kier alpha value is -1.88. The second-order valence-corrected chi connectivity index (χ2v) is 5.07. The Kier molecular flexibility index (Phi) is 3.21. The Labute approximate surface area is 111 Å². The van der Waals surface area contributed by atoms with E-state index in [1.807, 2.05) is 24.3 Å². The van der Waals surface area contributed by atoms with Crippen LogP contribution in [0.5, 0.6) is 0 Å². The molecule has 1 aliphatic carbocycles. The third-order valence-corrected chi connectivity index (χ3v) is 3.84. The summed E-state index contributed by atoms with van der Waals surface area (Å²) in [7, 11) is 0. The number of hydrogen-bond acceptors (Lipinski definition) is 5. The third-order valence-electron chi connectivity index (χ3n) is 3.84. The van der Waals surface area contributed by atoms with E-state index in [2.05, 4.69) is 15.3 Å². The second-order valence-electron chi connectivity index (χ2n) is 5.07. The van der Waals surface area contributed by atoms with E-state index in [4.69, 9.17) is 5.73 Å². The van der Waals surface area contributed by atoms with Crippen molar-refractivity contribution in [2.45, 2.75) is 25.3 Å². The fourth-order valence-corrected chi connectivity index (χ4v) is 2.83. The summed E-state index contributed by atoms with van der Waals surface area (Å²) in [6.07, 6.45) is 3.26. The summed E-state index contributed by atoms with van der Waals surface area (Å²) in [6, 6.07) is 8.08. The first kappa shape index (κ1) is 12.2. The van der Waals surface area contributed by atoms with Crippen molar-refractivity contribution in [3.05, 3.63) is 24.3 Å². The zero-order valence-electron chi connectivity index (χ0n) is 10.7. The van der Waals surface area contributed by atoms with Crippen LogP contribution in [0.25, 0.3) is 10.9 Å². The molecule has 5 nitrogen and oxygen atoms in total. The molecule has 0 amide bonds. The highest BCUT2D eigenvalue weighted by atomic mass is 16.3. The summed E-state index contributed by atoms with van der Waals surface area (Å²) in [5.74, 6) is 1.35. The van der Waals surface area contributed by atoms with Crippen LogP contribution in [0.1, 0.15) is 19.3 Å². The van der Waals surface area contributed by atoms with Gasteiger partial charge in [0.25, 0.3) is 0 Å². The van der Waals surface area contributed by atoms with Gasteiger partial charge in [0, 0.05) is 24.0 Å². The van der Waals surface area contributed by atoms with E-state index in [0.717, 1.165) is 36.0 Å². The molecule has 2 unspecified atom stereocenters. The molecule has 3 rings (SSSR count). The van der Waals surface area contributed by atoms with Crippen LogP contribution in [-0.2, 0) is 0 Å². The van der Waals surface area contributed by atoms with Crippen molar-refractivity contribution in [3.63, 3.8) is 0 Å². The second kappa shape index (κ2) is 5.01. The van der Waals surface area contributed by atoms with Crippen LogP contribution in [0.15, 0.2) is 24.3 Å². The van der Waals surface area contributed by atoms with E-state index in [0.29, 0.717) is 5.92 Å². The van der Waals surface area contributed by atoms with Crippen LogP contribution in [0.4, 0.5) is 11.8 Å². The lowest BCUT2D eigenvalue weighted by molar-refractivity contribution is 0.222. The predicted molar refractivity (Wildman–Crippen MR) is 75.8 cm³/mol. The molecule has 1 heterocycles. The number of nitrogens with two attached hydrogens (primary N) is 1. The molecule has 1 fully saturated rings. The lowest BCUT2D eigenvalue weighted by atomic mass is 10.0. The highest BCUT2D eigenvalue weighted by molar-refractivity contribution is 5.89. The molecule has 100 valence electrons. The topological polar surface area (TPSA) is 84.1 Å². The number of hydrogen-bond donors (Lipinski definition) is 3. The van der Waals surface area contributed by atoms with Crippen molar-refractivity contribution < 1.29 is 5.11 Å². The SMILES string of the molecule is Nc1nc(NC2CCCC2CO)c2ccccc2n1. The average molecular weight is 258 g/mol. The number of nitrogens with one attached hydrogen (secondary N) is 1. The summed E-state index contributed by atoms with van der Waals surface area (Å²) in [4.78, 5) is 8.53. The van der Waals surface area contributed by atoms with E-state index >= 15 is 0 Å². The van der Waals surface area contributed by atoms with Gasteiger partial charge in [-0.1, -0.05) is 18.6 Å². The molecule has 1 aromatic heterocycles. The maximum absolute atomic E-state index is 9.38. The fraction of sp³-hybridized carbons (Fsp3) is 0.429. The summed E-state index contributed by atoms with van der Waals surface area (Å²) in [5, 5.41) is 13.8. The van der Waals surface area contributed by atoms with Gasteiger partial charge in [0.15, 0.2) is 0 Å². The standard InChI is InChI=1S/C14H18N4O/c15-14-17-12-6-2-1-5-10(12)13(18-14)16-11-7-3-4-9(11)8-19/h1-2,5-6,9,11,19H,3-4,7-8H2,(H3,15,16,17,18). The van der Waals surface area contributed by atoms with Gasteiger partial charge >= 0.3 is 0 Å². The highest BCUT2D eigenvalue weighted by Crippen LogP contribution is 2.30. The first-order valence-corrected chi connectivity index (χ1v) is 6.67. The molecule has 0 bridgehead atoms. The molecule has 0 spiro atoms. The molecule has 1 aromatic carbocycles. The van der Waals surface area contributed by atoms with Gasteiger partial charge in [0.2, 0.25) is 5.95 Å². The number of aliphatic hydroxyl groups excluding tert-OH is 1. The van der Waals surface area contributed by atoms with E-state index in [1.165, 1.54) is 0 Å². The van der Waals surface area contributed by atoms with E-state index in [9.17, 15) is 5.11 Å². The van der Waals surface area contributed by atoms with Gasteiger partial charge in [-0.3, -0.25) is 0 Å². The number of nitrogen functional groups attached to an aromatic ring is 1. The minimum absolute atomic E-state index is 0.218. The molecule has 2 atom stereocenters. The molecule has 4 N–H and O–H groups in total. The molecule has 1 saturated carbocycles. The molecular formula is C14H18N4O. The van der Waals surface area contributed by atoms with Gasteiger partial charge in [0.1, 0.15) is 5.82 Å². The zero-order chi connectivity index (χ0) is 13.2. The molecule has 19 heavy (non-hydrogen) atoms. The molecule has 0 saturated heterocycles. The largest absolute Gasteiger partial charge is 0.396 e. The summed E-state index contributed by atoms with van der Waals surface area (Å²) in [5.41, 5.74) is 6.60. The Bertz CT molecular complexity index is 587. The Morgan fingerprint density at radius 3 is 2.95 bits per heavy atom. The average Bonchev–Trinajstić information content (AvgIpc) is 2.86. The predicted octanol–water partition coefficient (Wildman–Crippen LogP) is 1.78. The van der Waals surface area contributed by atoms with Crippen molar-refractivity contribution in [1.82, 2.24) is 9.97 Å². The number of nitrogens with zero attached hydrogens (tertiary/aromatic N) is 2. The van der Waals surface area contributed by atoms with Crippen molar-refractivity contribution in [2.75, 3.05) is 17.7 Å². The number of para-hydroxylation sites is 1. The number of aliphatic hydroxyl groups is 1. The Morgan fingerprint density at radius 1 is 1.26 bits per heavy atom. The van der Waals surface area contributed by atoms with Gasteiger partial charge in [0.05, 0.1) is 5.52 Å². The minimum Gasteiger partial charge on any atom is -0.396 e. The van der Waals surface area contributed by atoms with Gasteiger partial charge in [-0.25, -0.2) is 4.98 Å². The number of anilines is 2. The number of rotatable bonds is 3. The normalized spacial score (nSPS) is 22.8. The smallest absolute Gasteiger partial charge is 0.222 e. The molecule has 2 aromatic rings. The van der Waals surface area contributed by atoms with Crippen LogP contribution >= 0.6 is 0 Å². The van der Waals surface area contributed by atoms with Crippen LogP contribution < -0.4 is 11.1 Å². The first-order chi connectivity index (χ1) is 9.28. The lowest BCUT2D eigenvalue weighted by Gasteiger charge is -2.20. The number of benzene rings is 1. The van der Waals surface area contributed by atoms with Crippen LogP contribution in [0.2, 0.25) is 0 Å². The minimum atomic E-state index is 0.218. The van der Waals surface area contributed by atoms with E-state index in [1.54, 1.807) is 0 Å². The Balaban J connectivity index is 1.96. The number of aromatic nitrogens is 2. The van der Waals surface area contributed by atoms with Crippen molar-refractivity contribution in [3.8, 4) is 0 Å². The third kappa shape index (κ3) is 2.33. The van der Waals surface area contributed by atoms with Gasteiger partial charge in [-0.15, -0.1) is 0 Å².